The molecule has 0 N–H and O–H groups in total. The molecule has 0 aliphatic heterocycles. The van der Waals surface area contributed by atoms with Crippen LogP contribution in [-0.2, 0) is 6.54 Å². The highest BCUT2D eigenvalue weighted by atomic mass is 16.5. The Labute approximate surface area is 146 Å². The molecular weight excluding hydrogens is 318 g/mol. The van der Waals surface area contributed by atoms with Crippen LogP contribution in [0.2, 0.25) is 0 Å². The van der Waals surface area contributed by atoms with E-state index in [1.54, 1.807) is 42.0 Å². The van der Waals surface area contributed by atoms with Gasteiger partial charge in [-0.05, 0) is 31.2 Å². The molecule has 0 saturated heterocycles. The van der Waals surface area contributed by atoms with Crippen LogP contribution >= 0.6 is 0 Å². The fourth-order valence-corrected chi connectivity index (χ4v) is 2.76. The van der Waals surface area contributed by atoms with E-state index < -0.39 is 0 Å². The predicted molar refractivity (Wildman–Crippen MR) is 95.2 cm³/mol. The molecule has 0 aliphatic rings. The number of benzene rings is 1. The van der Waals surface area contributed by atoms with Crippen LogP contribution in [0.15, 0.2) is 48.8 Å². The van der Waals surface area contributed by atoms with Crippen molar-refractivity contribution in [1.29, 1.82) is 0 Å². The Morgan fingerprint density at radius 2 is 2.12 bits per heavy atom. The molecule has 0 saturated carbocycles. The molecular formula is C19H21N3O3. The lowest BCUT2D eigenvalue weighted by Crippen LogP contribution is -2.26. The van der Waals surface area contributed by atoms with E-state index in [1.165, 1.54) is 0 Å². The van der Waals surface area contributed by atoms with Crippen LogP contribution in [0.3, 0.4) is 0 Å². The van der Waals surface area contributed by atoms with Crippen molar-refractivity contribution in [1.82, 2.24) is 14.5 Å². The van der Waals surface area contributed by atoms with Crippen molar-refractivity contribution < 1.29 is 14.3 Å². The average Bonchev–Trinajstić information content (AvgIpc) is 3.10. The summed E-state index contributed by atoms with van der Waals surface area (Å²) in [5.41, 5.74) is 2.41. The summed E-state index contributed by atoms with van der Waals surface area (Å²) in [5.74, 6) is 1.29. The van der Waals surface area contributed by atoms with E-state index in [-0.39, 0.29) is 5.91 Å². The summed E-state index contributed by atoms with van der Waals surface area (Å²) in [5, 5.41) is 4.14. The van der Waals surface area contributed by atoms with E-state index in [0.29, 0.717) is 30.2 Å². The number of ether oxygens (including phenoxy) is 2. The summed E-state index contributed by atoms with van der Waals surface area (Å²) in [4.78, 5) is 14.4. The second-order valence-electron chi connectivity index (χ2n) is 5.66. The first-order chi connectivity index (χ1) is 12.1. The number of carbonyl (C=O) groups excluding carboxylic acids is 1. The lowest BCUT2D eigenvalue weighted by atomic mass is 10.1. The van der Waals surface area contributed by atoms with E-state index in [1.807, 2.05) is 37.3 Å². The van der Waals surface area contributed by atoms with Gasteiger partial charge in [0.15, 0.2) is 11.5 Å². The molecule has 0 fully saturated rings. The summed E-state index contributed by atoms with van der Waals surface area (Å²) in [6.45, 7) is 2.88. The van der Waals surface area contributed by atoms with E-state index in [4.69, 9.17) is 9.47 Å². The minimum absolute atomic E-state index is 0.0611. The molecule has 6 nitrogen and oxygen atoms in total. The number of methoxy groups -OCH3 is 1. The highest BCUT2D eigenvalue weighted by molar-refractivity contribution is 5.95. The van der Waals surface area contributed by atoms with Crippen LogP contribution in [0, 0.1) is 0 Å². The maximum absolute atomic E-state index is 12.8. The highest BCUT2D eigenvalue weighted by Gasteiger charge is 2.17. The zero-order chi connectivity index (χ0) is 17.8. The van der Waals surface area contributed by atoms with Crippen LogP contribution in [0.1, 0.15) is 22.8 Å². The number of aromatic nitrogens is 2. The Balaban J connectivity index is 1.83. The maximum Gasteiger partial charge on any atom is 0.254 e. The van der Waals surface area contributed by atoms with Crippen molar-refractivity contribution in [2.75, 3.05) is 20.8 Å². The molecule has 1 aromatic carbocycles. The van der Waals surface area contributed by atoms with Crippen LogP contribution in [0.4, 0.5) is 0 Å². The molecule has 2 heterocycles. The molecule has 0 atom stereocenters. The fraction of sp³-hybridized carbons (Fsp3) is 0.263. The van der Waals surface area contributed by atoms with Crippen LogP contribution in [0.25, 0.3) is 5.52 Å². The Kier molecular flexibility index (Phi) is 4.88. The van der Waals surface area contributed by atoms with Crippen molar-refractivity contribution in [3.8, 4) is 11.5 Å². The van der Waals surface area contributed by atoms with Crippen molar-refractivity contribution in [3.63, 3.8) is 0 Å². The van der Waals surface area contributed by atoms with Gasteiger partial charge in [-0.25, -0.2) is 4.52 Å². The van der Waals surface area contributed by atoms with E-state index in [2.05, 4.69) is 5.10 Å². The predicted octanol–water partition coefficient (Wildman–Crippen LogP) is 3.01. The number of nitrogens with zero attached hydrogens (tertiary/aromatic N) is 3. The molecule has 3 aromatic rings. The largest absolute Gasteiger partial charge is 0.493 e. The van der Waals surface area contributed by atoms with Gasteiger partial charge >= 0.3 is 0 Å². The van der Waals surface area contributed by atoms with Gasteiger partial charge in [0.05, 0.1) is 19.2 Å². The fourth-order valence-electron chi connectivity index (χ4n) is 2.76. The number of carbonyl (C=O) groups is 1. The van der Waals surface area contributed by atoms with Gasteiger partial charge in [0, 0.05) is 37.1 Å². The standard InChI is InChI=1S/C19H21N3O3/c1-4-25-18-15(6-5-7-17(18)24-3)13-21(2)19(23)14-9-11-22-16(12-14)8-10-20-22/h5-12H,4,13H2,1-3H3. The maximum atomic E-state index is 12.8. The summed E-state index contributed by atoms with van der Waals surface area (Å²) in [7, 11) is 3.38. The molecule has 1 amide bonds. The molecule has 130 valence electrons. The van der Waals surface area contributed by atoms with Gasteiger partial charge in [0.25, 0.3) is 5.91 Å². The van der Waals surface area contributed by atoms with Gasteiger partial charge in [-0.1, -0.05) is 12.1 Å². The third-order valence-corrected chi connectivity index (χ3v) is 3.97. The number of rotatable bonds is 6. The quantitative estimate of drug-likeness (QED) is 0.693. The second-order valence-corrected chi connectivity index (χ2v) is 5.66. The topological polar surface area (TPSA) is 56.1 Å². The second kappa shape index (κ2) is 7.25. The molecule has 6 heteroatoms. The van der Waals surface area contributed by atoms with Gasteiger partial charge in [-0.15, -0.1) is 0 Å². The van der Waals surface area contributed by atoms with Gasteiger partial charge < -0.3 is 14.4 Å². The Hall–Kier alpha value is -3.02. The molecule has 0 bridgehead atoms. The minimum Gasteiger partial charge on any atom is -0.493 e. The van der Waals surface area contributed by atoms with Gasteiger partial charge in [-0.2, -0.15) is 5.10 Å². The Morgan fingerprint density at radius 1 is 1.28 bits per heavy atom. The first-order valence-electron chi connectivity index (χ1n) is 8.11. The number of fused-ring (bicyclic) bond motifs is 1. The Bertz CT molecular complexity index is 889. The summed E-state index contributed by atoms with van der Waals surface area (Å²) in [6.07, 6.45) is 3.49. The lowest BCUT2D eigenvalue weighted by Gasteiger charge is -2.20. The molecule has 25 heavy (non-hydrogen) atoms. The first-order valence-corrected chi connectivity index (χ1v) is 8.11. The molecule has 2 aromatic heterocycles. The zero-order valence-electron chi connectivity index (χ0n) is 14.6. The third-order valence-electron chi connectivity index (χ3n) is 3.97. The molecule has 3 rings (SSSR count). The molecule has 0 unspecified atom stereocenters. The van der Waals surface area contributed by atoms with Crippen molar-refractivity contribution in [3.05, 3.63) is 59.9 Å². The van der Waals surface area contributed by atoms with Crippen molar-refractivity contribution >= 4 is 11.4 Å². The number of hydrogen-bond acceptors (Lipinski definition) is 4. The van der Waals surface area contributed by atoms with Gasteiger partial charge in [0.1, 0.15) is 0 Å². The summed E-state index contributed by atoms with van der Waals surface area (Å²) >= 11 is 0. The van der Waals surface area contributed by atoms with E-state index >= 15 is 0 Å². The molecule has 0 spiro atoms. The number of hydrogen-bond donors (Lipinski definition) is 0. The van der Waals surface area contributed by atoms with Crippen LogP contribution in [-0.4, -0.2) is 41.2 Å². The smallest absolute Gasteiger partial charge is 0.254 e. The van der Waals surface area contributed by atoms with E-state index in [0.717, 1.165) is 11.1 Å². The highest BCUT2D eigenvalue weighted by Crippen LogP contribution is 2.32. The Morgan fingerprint density at radius 3 is 2.88 bits per heavy atom. The number of para-hydroxylation sites is 1. The van der Waals surface area contributed by atoms with Crippen LogP contribution in [0.5, 0.6) is 11.5 Å². The summed E-state index contributed by atoms with van der Waals surface area (Å²) < 4.78 is 12.8. The first kappa shape index (κ1) is 16.8. The molecule has 0 radical (unpaired) electrons. The number of amides is 1. The SMILES string of the molecule is CCOc1c(CN(C)C(=O)c2ccn3nccc3c2)cccc1OC. The van der Waals surface area contributed by atoms with Crippen molar-refractivity contribution in [2.45, 2.75) is 13.5 Å². The van der Waals surface area contributed by atoms with Crippen molar-refractivity contribution in [2.24, 2.45) is 0 Å². The lowest BCUT2D eigenvalue weighted by molar-refractivity contribution is 0.0783. The monoisotopic (exact) mass is 339 g/mol. The third kappa shape index (κ3) is 3.42. The van der Waals surface area contributed by atoms with Crippen LogP contribution < -0.4 is 9.47 Å². The van der Waals surface area contributed by atoms with E-state index in [9.17, 15) is 4.79 Å². The van der Waals surface area contributed by atoms with Gasteiger partial charge in [-0.3, -0.25) is 4.79 Å². The summed E-state index contributed by atoms with van der Waals surface area (Å²) in [6, 6.07) is 11.2. The molecule has 0 aliphatic carbocycles. The normalized spacial score (nSPS) is 10.7. The van der Waals surface area contributed by atoms with Gasteiger partial charge in [0.2, 0.25) is 0 Å². The average molecular weight is 339 g/mol. The number of pyridine rings is 1. The zero-order valence-corrected chi connectivity index (χ0v) is 14.6. The minimum atomic E-state index is -0.0611.